The Morgan fingerprint density at radius 2 is 2.13 bits per heavy atom. The van der Waals surface area contributed by atoms with Crippen LogP contribution in [0.4, 0.5) is 0 Å². The maximum atomic E-state index is 11.8. The molecule has 0 aromatic carbocycles. The van der Waals surface area contributed by atoms with E-state index in [1.165, 1.54) is 10.9 Å². The molecule has 0 unspecified atom stereocenters. The van der Waals surface area contributed by atoms with Crippen LogP contribution in [0.3, 0.4) is 0 Å². The van der Waals surface area contributed by atoms with Gasteiger partial charge < -0.3 is 0 Å². The molecule has 0 saturated heterocycles. The number of nitrogens with one attached hydrogen (secondary N) is 1. The van der Waals surface area contributed by atoms with Crippen LogP contribution in [-0.4, -0.2) is 24.7 Å². The van der Waals surface area contributed by atoms with Gasteiger partial charge in [0.05, 0.1) is 5.69 Å². The molecule has 0 aliphatic carbocycles. The number of hydrogen-bond donors (Lipinski definition) is 1. The second kappa shape index (κ2) is 4.76. The van der Waals surface area contributed by atoms with Crippen molar-refractivity contribution in [2.45, 2.75) is 31.6 Å². The highest BCUT2D eigenvalue weighted by atomic mass is 32.2. The Bertz CT molecular complexity index is 423. The number of hydrogen-bond acceptors (Lipinski definition) is 3. The summed E-state index contributed by atoms with van der Waals surface area (Å²) >= 11 is 0. The van der Waals surface area contributed by atoms with Gasteiger partial charge in [-0.1, -0.05) is 13.8 Å². The molecule has 5 nitrogen and oxygen atoms in total. The Kier molecular flexibility index (Phi) is 3.87. The van der Waals surface area contributed by atoms with Gasteiger partial charge in [0.25, 0.3) is 0 Å². The van der Waals surface area contributed by atoms with Gasteiger partial charge in [0.1, 0.15) is 4.90 Å². The number of aryl methyl sites for hydroxylation is 2. The second-order valence-electron chi connectivity index (χ2n) is 3.37. The molecule has 1 N–H and O–H groups in total. The molecule has 0 bridgehead atoms. The quantitative estimate of drug-likeness (QED) is 0.810. The van der Waals surface area contributed by atoms with E-state index in [4.69, 9.17) is 0 Å². The van der Waals surface area contributed by atoms with Gasteiger partial charge in [-0.05, 0) is 12.8 Å². The summed E-state index contributed by atoms with van der Waals surface area (Å²) < 4.78 is 27.7. The molecule has 86 valence electrons. The van der Waals surface area contributed by atoms with Crippen LogP contribution in [-0.2, 0) is 23.5 Å². The van der Waals surface area contributed by atoms with Gasteiger partial charge in [-0.2, -0.15) is 5.10 Å². The van der Waals surface area contributed by atoms with E-state index in [1.807, 2.05) is 13.8 Å². The van der Waals surface area contributed by atoms with Gasteiger partial charge in [0, 0.05) is 19.8 Å². The third kappa shape index (κ3) is 2.79. The molecule has 0 aliphatic rings. The van der Waals surface area contributed by atoms with Crippen LogP contribution in [0.5, 0.6) is 0 Å². The normalized spacial score (nSPS) is 11.9. The van der Waals surface area contributed by atoms with Crippen molar-refractivity contribution >= 4 is 10.0 Å². The Morgan fingerprint density at radius 3 is 2.67 bits per heavy atom. The molecule has 0 fully saturated rings. The van der Waals surface area contributed by atoms with Gasteiger partial charge in [-0.25, -0.2) is 13.1 Å². The van der Waals surface area contributed by atoms with Crippen LogP contribution >= 0.6 is 0 Å². The van der Waals surface area contributed by atoms with Crippen LogP contribution in [0.15, 0.2) is 11.1 Å². The van der Waals surface area contributed by atoms with E-state index in [-0.39, 0.29) is 0 Å². The highest BCUT2D eigenvalue weighted by Crippen LogP contribution is 2.13. The zero-order valence-corrected chi connectivity index (χ0v) is 10.1. The van der Waals surface area contributed by atoms with Crippen LogP contribution in [0.1, 0.15) is 26.0 Å². The predicted octanol–water partition coefficient (Wildman–Crippen LogP) is 0.671. The topological polar surface area (TPSA) is 64.0 Å². The smallest absolute Gasteiger partial charge is 0.243 e. The van der Waals surface area contributed by atoms with E-state index < -0.39 is 10.0 Å². The summed E-state index contributed by atoms with van der Waals surface area (Å²) in [5.41, 5.74) is 0.612. The first kappa shape index (κ1) is 12.2. The molecule has 1 heterocycles. The fourth-order valence-electron chi connectivity index (χ4n) is 1.30. The van der Waals surface area contributed by atoms with Gasteiger partial charge >= 0.3 is 0 Å². The monoisotopic (exact) mass is 231 g/mol. The minimum Gasteiger partial charge on any atom is -0.274 e. The van der Waals surface area contributed by atoms with Crippen LogP contribution in [0, 0.1) is 0 Å². The van der Waals surface area contributed by atoms with Crippen molar-refractivity contribution in [1.29, 1.82) is 0 Å². The van der Waals surface area contributed by atoms with E-state index in [0.717, 1.165) is 6.42 Å². The molecule has 15 heavy (non-hydrogen) atoms. The minimum absolute atomic E-state index is 0.293. The fourth-order valence-corrected chi connectivity index (χ4v) is 2.71. The first-order chi connectivity index (χ1) is 7.01. The van der Waals surface area contributed by atoms with Crippen molar-refractivity contribution in [3.05, 3.63) is 11.9 Å². The van der Waals surface area contributed by atoms with E-state index >= 15 is 0 Å². The lowest BCUT2D eigenvalue weighted by Crippen LogP contribution is -2.24. The molecular formula is C9H17N3O2S. The second-order valence-corrected chi connectivity index (χ2v) is 5.10. The summed E-state index contributed by atoms with van der Waals surface area (Å²) in [5, 5.41) is 4.10. The van der Waals surface area contributed by atoms with Crippen molar-refractivity contribution in [1.82, 2.24) is 14.5 Å². The molecule has 6 heteroatoms. The molecule has 0 atom stereocenters. The van der Waals surface area contributed by atoms with Gasteiger partial charge in [-0.15, -0.1) is 0 Å². The zero-order chi connectivity index (χ0) is 11.5. The first-order valence-corrected chi connectivity index (χ1v) is 6.51. The van der Waals surface area contributed by atoms with Crippen molar-refractivity contribution in [3.8, 4) is 0 Å². The van der Waals surface area contributed by atoms with Crippen LogP contribution in [0.25, 0.3) is 0 Å². The Labute approximate surface area is 90.5 Å². The summed E-state index contributed by atoms with van der Waals surface area (Å²) in [6.45, 7) is 4.27. The summed E-state index contributed by atoms with van der Waals surface area (Å²) in [7, 11) is -1.66. The third-order valence-corrected chi connectivity index (χ3v) is 3.54. The van der Waals surface area contributed by atoms with Gasteiger partial charge in [0.15, 0.2) is 0 Å². The largest absolute Gasteiger partial charge is 0.274 e. The van der Waals surface area contributed by atoms with E-state index in [1.54, 1.807) is 7.05 Å². The summed E-state index contributed by atoms with van der Waals surface area (Å²) in [5.74, 6) is 0. The zero-order valence-electron chi connectivity index (χ0n) is 9.32. The number of sulfonamides is 1. The number of nitrogens with zero attached hydrogens (tertiary/aromatic N) is 2. The van der Waals surface area contributed by atoms with Crippen LogP contribution < -0.4 is 4.72 Å². The predicted molar refractivity (Wildman–Crippen MR) is 58.1 cm³/mol. The summed E-state index contributed by atoms with van der Waals surface area (Å²) in [6.07, 6.45) is 2.93. The molecular weight excluding hydrogens is 214 g/mol. The lowest BCUT2D eigenvalue weighted by Gasteiger charge is -2.03. The molecule has 1 rings (SSSR count). The van der Waals surface area contributed by atoms with E-state index in [2.05, 4.69) is 9.82 Å². The fraction of sp³-hybridized carbons (Fsp3) is 0.667. The Hall–Kier alpha value is -0.880. The van der Waals surface area contributed by atoms with Gasteiger partial charge in [-0.3, -0.25) is 4.68 Å². The maximum Gasteiger partial charge on any atom is 0.243 e. The maximum absolute atomic E-state index is 11.8. The highest BCUT2D eigenvalue weighted by Gasteiger charge is 2.19. The van der Waals surface area contributed by atoms with Crippen LogP contribution in [0.2, 0.25) is 0 Å². The standard InChI is InChI=1S/C9H17N3O2S/c1-4-6-10-15(13,14)9-7-12(3)11-8(9)5-2/h7,10H,4-6H2,1-3H3. The molecule has 0 aliphatic heterocycles. The third-order valence-electron chi connectivity index (χ3n) is 2.03. The molecule has 0 spiro atoms. The van der Waals surface area contributed by atoms with E-state index in [0.29, 0.717) is 23.6 Å². The lowest BCUT2D eigenvalue weighted by atomic mass is 10.3. The Balaban J connectivity index is 3.03. The molecule has 0 saturated carbocycles. The average molecular weight is 231 g/mol. The summed E-state index contributed by atoms with van der Waals surface area (Å²) in [6, 6.07) is 0. The van der Waals surface area contributed by atoms with Crippen molar-refractivity contribution < 1.29 is 8.42 Å². The molecule has 1 aromatic heterocycles. The number of aromatic nitrogens is 2. The first-order valence-electron chi connectivity index (χ1n) is 5.03. The molecule has 0 amide bonds. The molecule has 0 radical (unpaired) electrons. The van der Waals surface area contributed by atoms with Crippen molar-refractivity contribution in [3.63, 3.8) is 0 Å². The Morgan fingerprint density at radius 1 is 1.47 bits per heavy atom. The average Bonchev–Trinajstić information content (AvgIpc) is 2.57. The van der Waals surface area contributed by atoms with Crippen molar-refractivity contribution in [2.24, 2.45) is 7.05 Å². The lowest BCUT2D eigenvalue weighted by molar-refractivity contribution is 0.579. The highest BCUT2D eigenvalue weighted by molar-refractivity contribution is 7.89. The van der Waals surface area contributed by atoms with Gasteiger partial charge in [0.2, 0.25) is 10.0 Å². The number of rotatable bonds is 5. The van der Waals surface area contributed by atoms with Crippen molar-refractivity contribution in [2.75, 3.05) is 6.54 Å². The van der Waals surface area contributed by atoms with E-state index in [9.17, 15) is 8.42 Å². The molecule has 1 aromatic rings. The SMILES string of the molecule is CCCNS(=O)(=O)c1cn(C)nc1CC. The summed E-state index contributed by atoms with van der Waals surface area (Å²) in [4.78, 5) is 0.293. The minimum atomic E-state index is -3.38.